The summed E-state index contributed by atoms with van der Waals surface area (Å²) in [7, 11) is 2.20. The number of hydrogen-bond acceptors (Lipinski definition) is 6. The first kappa shape index (κ1) is 19.9. The second kappa shape index (κ2) is 8.61. The number of piperidine rings is 1. The number of hydrogen-bond donors (Lipinski definition) is 0. The van der Waals surface area contributed by atoms with Gasteiger partial charge in [-0.1, -0.05) is 0 Å². The smallest absolute Gasteiger partial charge is 0.255 e. The maximum atomic E-state index is 13.1. The predicted molar refractivity (Wildman–Crippen MR) is 115 cm³/mol. The number of aromatic nitrogens is 3. The number of piperazine rings is 1. The molecule has 3 fully saturated rings. The van der Waals surface area contributed by atoms with Crippen LogP contribution in [-0.4, -0.2) is 101 Å². The van der Waals surface area contributed by atoms with Crippen LogP contribution in [0.4, 0.5) is 0 Å². The molecule has 5 heterocycles. The van der Waals surface area contributed by atoms with Gasteiger partial charge in [-0.05, 0) is 51.9 Å². The molecule has 2 aromatic rings. The Hall–Kier alpha value is -2.03. The van der Waals surface area contributed by atoms with Crippen LogP contribution in [0.2, 0.25) is 0 Å². The van der Waals surface area contributed by atoms with E-state index in [9.17, 15) is 4.79 Å². The van der Waals surface area contributed by atoms with E-state index in [4.69, 9.17) is 4.74 Å². The third-order valence-corrected chi connectivity index (χ3v) is 7.05. The molecule has 0 saturated carbocycles. The van der Waals surface area contributed by atoms with Gasteiger partial charge in [-0.2, -0.15) is 0 Å². The Labute approximate surface area is 177 Å². The third-order valence-electron chi connectivity index (χ3n) is 7.05. The fourth-order valence-electron chi connectivity index (χ4n) is 5.10. The maximum Gasteiger partial charge on any atom is 0.255 e. The Bertz CT molecular complexity index is 877. The fraction of sp³-hybridized carbons (Fsp3) is 0.682. The molecule has 162 valence electrons. The summed E-state index contributed by atoms with van der Waals surface area (Å²) in [5, 5.41) is 0. The van der Waals surface area contributed by atoms with E-state index >= 15 is 0 Å². The van der Waals surface area contributed by atoms with Gasteiger partial charge in [0.2, 0.25) is 0 Å². The Morgan fingerprint density at radius 1 is 0.967 bits per heavy atom. The van der Waals surface area contributed by atoms with Crippen molar-refractivity contribution in [3.05, 3.63) is 24.2 Å². The van der Waals surface area contributed by atoms with Crippen LogP contribution in [-0.2, 0) is 4.74 Å². The van der Waals surface area contributed by atoms with E-state index in [0.717, 1.165) is 63.4 Å². The van der Waals surface area contributed by atoms with Gasteiger partial charge in [0.15, 0.2) is 5.65 Å². The highest BCUT2D eigenvalue weighted by Crippen LogP contribution is 2.25. The fourth-order valence-corrected chi connectivity index (χ4v) is 5.10. The van der Waals surface area contributed by atoms with Crippen molar-refractivity contribution in [2.24, 2.45) is 0 Å². The molecule has 0 unspecified atom stereocenters. The summed E-state index contributed by atoms with van der Waals surface area (Å²) in [5.41, 5.74) is 2.32. The molecule has 5 rings (SSSR count). The lowest BCUT2D eigenvalue weighted by atomic mass is 10.0. The molecule has 0 bridgehead atoms. The summed E-state index contributed by atoms with van der Waals surface area (Å²) < 4.78 is 7.61. The van der Waals surface area contributed by atoms with Crippen LogP contribution in [0.3, 0.4) is 0 Å². The first-order valence-electron chi connectivity index (χ1n) is 11.3. The van der Waals surface area contributed by atoms with E-state index in [2.05, 4.69) is 31.4 Å². The van der Waals surface area contributed by atoms with Gasteiger partial charge in [0, 0.05) is 57.7 Å². The molecular weight excluding hydrogens is 380 g/mol. The lowest BCUT2D eigenvalue weighted by molar-refractivity contribution is 0.0475. The number of amides is 1. The van der Waals surface area contributed by atoms with Gasteiger partial charge >= 0.3 is 0 Å². The quantitative estimate of drug-likeness (QED) is 0.764. The molecular formula is C22H32N6O2. The molecule has 30 heavy (non-hydrogen) atoms. The van der Waals surface area contributed by atoms with Gasteiger partial charge in [0.25, 0.3) is 5.91 Å². The summed E-state index contributed by atoms with van der Waals surface area (Å²) in [6.07, 6.45) is 8.03. The third kappa shape index (κ3) is 3.96. The van der Waals surface area contributed by atoms with Crippen LogP contribution in [0.15, 0.2) is 18.6 Å². The van der Waals surface area contributed by atoms with Crippen molar-refractivity contribution in [2.75, 3.05) is 59.5 Å². The zero-order valence-corrected chi connectivity index (χ0v) is 17.9. The van der Waals surface area contributed by atoms with Gasteiger partial charge in [-0.25, -0.2) is 9.97 Å². The molecule has 0 N–H and O–H groups in total. The van der Waals surface area contributed by atoms with Crippen LogP contribution in [0.5, 0.6) is 0 Å². The number of pyridine rings is 1. The number of rotatable bonds is 3. The highest BCUT2D eigenvalue weighted by molar-refractivity contribution is 5.96. The number of carbonyl (C=O) groups is 1. The van der Waals surface area contributed by atoms with Crippen molar-refractivity contribution in [2.45, 2.75) is 37.8 Å². The Balaban J connectivity index is 1.23. The number of imidazole rings is 1. The normalized spacial score (nSPS) is 23.3. The zero-order valence-electron chi connectivity index (χ0n) is 17.9. The molecule has 0 atom stereocenters. The molecule has 1 amide bonds. The molecule has 0 aromatic carbocycles. The number of nitrogens with zero attached hydrogens (tertiary/aromatic N) is 6. The SMILES string of the molecule is CN1CCC(N2CCN(C(=O)c3cnc4c(c3)ncn4C3CCOCC3)CC2)CC1. The predicted octanol–water partition coefficient (Wildman–Crippen LogP) is 1.63. The van der Waals surface area contributed by atoms with Gasteiger partial charge in [0.05, 0.1) is 11.9 Å². The van der Waals surface area contributed by atoms with Crippen LogP contribution in [0.25, 0.3) is 11.2 Å². The van der Waals surface area contributed by atoms with Crippen molar-refractivity contribution >= 4 is 17.1 Å². The van der Waals surface area contributed by atoms with E-state index in [1.807, 2.05) is 17.3 Å². The van der Waals surface area contributed by atoms with E-state index in [1.54, 1.807) is 6.20 Å². The minimum Gasteiger partial charge on any atom is -0.381 e. The van der Waals surface area contributed by atoms with Crippen LogP contribution in [0.1, 0.15) is 42.1 Å². The number of ether oxygens (including phenoxy) is 1. The number of fused-ring (bicyclic) bond motifs is 1. The lowest BCUT2D eigenvalue weighted by Crippen LogP contribution is -2.54. The van der Waals surface area contributed by atoms with E-state index < -0.39 is 0 Å². The molecule has 3 saturated heterocycles. The van der Waals surface area contributed by atoms with Crippen molar-refractivity contribution in [3.8, 4) is 0 Å². The van der Waals surface area contributed by atoms with Crippen molar-refractivity contribution in [3.63, 3.8) is 0 Å². The second-order valence-electron chi connectivity index (χ2n) is 8.92. The van der Waals surface area contributed by atoms with Gasteiger partial charge in [-0.15, -0.1) is 0 Å². The summed E-state index contributed by atoms with van der Waals surface area (Å²) in [4.78, 5) is 29.2. The minimum absolute atomic E-state index is 0.0769. The largest absolute Gasteiger partial charge is 0.381 e. The second-order valence-corrected chi connectivity index (χ2v) is 8.92. The van der Waals surface area contributed by atoms with Crippen LogP contribution >= 0.6 is 0 Å². The Morgan fingerprint density at radius 3 is 2.43 bits per heavy atom. The van der Waals surface area contributed by atoms with Gasteiger partial charge in [-0.3, -0.25) is 9.69 Å². The van der Waals surface area contributed by atoms with E-state index in [0.29, 0.717) is 17.6 Å². The zero-order chi connectivity index (χ0) is 20.5. The van der Waals surface area contributed by atoms with Crippen molar-refractivity contribution < 1.29 is 9.53 Å². The van der Waals surface area contributed by atoms with E-state index in [-0.39, 0.29) is 5.91 Å². The molecule has 8 heteroatoms. The summed E-state index contributed by atoms with van der Waals surface area (Å²) in [5.74, 6) is 0.0769. The first-order valence-corrected chi connectivity index (χ1v) is 11.3. The molecule has 0 radical (unpaired) electrons. The van der Waals surface area contributed by atoms with Crippen molar-refractivity contribution in [1.82, 2.24) is 29.2 Å². The molecule has 2 aromatic heterocycles. The van der Waals surface area contributed by atoms with E-state index in [1.165, 1.54) is 25.9 Å². The lowest BCUT2D eigenvalue weighted by Gasteiger charge is -2.42. The van der Waals surface area contributed by atoms with Crippen LogP contribution < -0.4 is 0 Å². The summed E-state index contributed by atoms with van der Waals surface area (Å²) in [6, 6.07) is 2.96. The number of likely N-dealkylation sites (tertiary alicyclic amines) is 1. The topological polar surface area (TPSA) is 66.7 Å². The average Bonchev–Trinajstić information content (AvgIpc) is 3.23. The summed E-state index contributed by atoms with van der Waals surface area (Å²) >= 11 is 0. The van der Waals surface area contributed by atoms with Gasteiger partial charge < -0.3 is 19.1 Å². The maximum absolute atomic E-state index is 13.1. The molecule has 3 aliphatic heterocycles. The highest BCUT2D eigenvalue weighted by Gasteiger charge is 2.29. The molecule has 0 spiro atoms. The molecule has 8 nitrogen and oxygen atoms in total. The first-order chi connectivity index (χ1) is 14.7. The van der Waals surface area contributed by atoms with Crippen molar-refractivity contribution in [1.29, 1.82) is 0 Å². The Kier molecular flexibility index (Phi) is 5.71. The molecule has 0 aliphatic carbocycles. The average molecular weight is 413 g/mol. The highest BCUT2D eigenvalue weighted by atomic mass is 16.5. The standard InChI is InChI=1S/C22H32N6O2/c1-25-6-2-18(3-7-25)26-8-10-27(11-9-26)22(29)17-14-20-21(23-15-17)28(16-24-20)19-4-12-30-13-5-19/h14-16,18-19H,2-13H2,1H3. The van der Waals surface area contributed by atoms with Crippen LogP contribution in [0, 0.1) is 0 Å². The van der Waals surface area contributed by atoms with Gasteiger partial charge in [0.1, 0.15) is 5.52 Å². The minimum atomic E-state index is 0.0769. The number of carbonyl (C=O) groups excluding carboxylic acids is 1. The Morgan fingerprint density at radius 2 is 1.70 bits per heavy atom. The molecule has 3 aliphatic rings. The monoisotopic (exact) mass is 412 g/mol. The summed E-state index contributed by atoms with van der Waals surface area (Å²) in [6.45, 7) is 7.43.